The van der Waals surface area contributed by atoms with Crippen LogP contribution >= 0.6 is 0 Å². The zero-order valence-electron chi connectivity index (χ0n) is 16.0. The van der Waals surface area contributed by atoms with Gasteiger partial charge in [0.05, 0.1) is 18.2 Å². The van der Waals surface area contributed by atoms with Gasteiger partial charge >= 0.3 is 5.97 Å². The molecular formula is C21H29NO5. The van der Waals surface area contributed by atoms with Crippen molar-refractivity contribution in [3.8, 4) is 0 Å². The summed E-state index contributed by atoms with van der Waals surface area (Å²) < 4.78 is 0. The van der Waals surface area contributed by atoms with Crippen LogP contribution in [0.2, 0.25) is 0 Å². The third-order valence-corrected chi connectivity index (χ3v) is 8.42. The Hall–Kier alpha value is -1.69. The van der Waals surface area contributed by atoms with Gasteiger partial charge in [0, 0.05) is 18.3 Å². The topological polar surface area (TPSA) is 107 Å². The highest BCUT2D eigenvalue weighted by molar-refractivity contribution is 5.91. The summed E-state index contributed by atoms with van der Waals surface area (Å²) in [6, 6.07) is 0. The fraction of sp³-hybridized carbons (Fsp3) is 0.762. The van der Waals surface area contributed by atoms with Crippen LogP contribution in [-0.4, -0.2) is 39.0 Å². The molecule has 0 saturated heterocycles. The molecule has 7 atom stereocenters. The average molecular weight is 375 g/mol. The molecule has 148 valence electrons. The number of fused-ring (bicyclic) bond motifs is 5. The normalized spacial score (nSPS) is 47.8. The molecule has 4 rings (SSSR count). The van der Waals surface area contributed by atoms with Crippen molar-refractivity contribution in [3.05, 3.63) is 11.6 Å². The fourth-order valence-corrected chi connectivity index (χ4v) is 6.98. The zero-order valence-corrected chi connectivity index (χ0v) is 16.0. The van der Waals surface area contributed by atoms with Crippen molar-refractivity contribution in [1.29, 1.82) is 0 Å². The predicted molar refractivity (Wildman–Crippen MR) is 98.4 cm³/mol. The van der Waals surface area contributed by atoms with Gasteiger partial charge in [-0.25, -0.2) is 0 Å². The largest absolute Gasteiger partial charge is 0.481 e. The van der Waals surface area contributed by atoms with Crippen LogP contribution in [0.5, 0.6) is 0 Å². The van der Waals surface area contributed by atoms with Crippen LogP contribution in [0.25, 0.3) is 0 Å². The third kappa shape index (κ3) is 2.59. The van der Waals surface area contributed by atoms with E-state index < -0.39 is 12.1 Å². The molecule has 0 aromatic carbocycles. The second kappa shape index (κ2) is 6.16. The molecule has 2 unspecified atom stereocenters. The van der Waals surface area contributed by atoms with Gasteiger partial charge in [0.2, 0.25) is 0 Å². The number of ketones is 1. The Morgan fingerprint density at radius 3 is 2.63 bits per heavy atom. The molecule has 0 radical (unpaired) electrons. The molecule has 6 heteroatoms. The molecule has 3 N–H and O–H groups in total. The van der Waals surface area contributed by atoms with Gasteiger partial charge < -0.3 is 15.4 Å². The number of oxime groups is 1. The lowest BCUT2D eigenvalue weighted by Crippen LogP contribution is -2.55. The van der Waals surface area contributed by atoms with Gasteiger partial charge in [-0.1, -0.05) is 30.7 Å². The van der Waals surface area contributed by atoms with E-state index in [-0.39, 0.29) is 40.9 Å². The molecule has 0 aliphatic heterocycles. The van der Waals surface area contributed by atoms with Crippen molar-refractivity contribution in [1.82, 2.24) is 0 Å². The Morgan fingerprint density at radius 2 is 1.96 bits per heavy atom. The van der Waals surface area contributed by atoms with E-state index in [9.17, 15) is 25.0 Å². The first-order valence-electron chi connectivity index (χ1n) is 10.1. The maximum Gasteiger partial charge on any atom is 0.303 e. The molecule has 0 aromatic rings. The van der Waals surface area contributed by atoms with Crippen molar-refractivity contribution in [2.45, 2.75) is 64.9 Å². The van der Waals surface area contributed by atoms with Gasteiger partial charge in [0.15, 0.2) is 0 Å². The minimum atomic E-state index is -0.817. The molecule has 0 spiro atoms. The predicted octanol–water partition coefficient (Wildman–Crippen LogP) is 3.02. The highest BCUT2D eigenvalue weighted by Gasteiger charge is 2.61. The molecule has 0 heterocycles. The number of carbonyl (C=O) groups excluding carboxylic acids is 1. The summed E-state index contributed by atoms with van der Waals surface area (Å²) in [5.74, 6) is 0.0238. The molecule has 0 bridgehead atoms. The summed E-state index contributed by atoms with van der Waals surface area (Å²) >= 11 is 0. The number of Topliss-reactive ketones (excluding diaryl/α,β-unsaturated/α-hetero) is 1. The van der Waals surface area contributed by atoms with Gasteiger partial charge in [0.25, 0.3) is 0 Å². The molecule has 27 heavy (non-hydrogen) atoms. The SMILES string of the molecule is C[C@]12CC(O)C(=NO)CC1=CC(CC(=O)O)[C@@H]1[C@@H]2CC[C@]2(C)C(=O)CC[C@@H]12. The molecule has 3 saturated carbocycles. The number of rotatable bonds is 2. The Kier molecular flexibility index (Phi) is 4.26. The number of hydrogen-bond donors (Lipinski definition) is 3. The first kappa shape index (κ1) is 18.7. The molecule has 0 amide bonds. The number of carboxylic acid groups (broad SMARTS) is 1. The first-order valence-corrected chi connectivity index (χ1v) is 10.1. The highest BCUT2D eigenvalue weighted by atomic mass is 16.4. The van der Waals surface area contributed by atoms with Crippen LogP contribution in [0.4, 0.5) is 0 Å². The summed E-state index contributed by atoms with van der Waals surface area (Å²) in [5.41, 5.74) is 0.897. The van der Waals surface area contributed by atoms with Crippen molar-refractivity contribution < 1.29 is 25.0 Å². The van der Waals surface area contributed by atoms with E-state index in [1.54, 1.807) is 0 Å². The Bertz CT molecular complexity index is 743. The second-order valence-electron chi connectivity index (χ2n) is 9.57. The Balaban J connectivity index is 1.80. The number of carbonyl (C=O) groups is 2. The van der Waals surface area contributed by atoms with E-state index in [1.165, 1.54) is 0 Å². The van der Waals surface area contributed by atoms with Crippen molar-refractivity contribution in [2.24, 2.45) is 39.7 Å². The van der Waals surface area contributed by atoms with Gasteiger partial charge in [-0.05, 0) is 54.8 Å². The van der Waals surface area contributed by atoms with Gasteiger partial charge in [-0.2, -0.15) is 0 Å². The number of aliphatic carboxylic acids is 1. The monoisotopic (exact) mass is 375 g/mol. The van der Waals surface area contributed by atoms with Crippen molar-refractivity contribution >= 4 is 17.5 Å². The average Bonchev–Trinajstić information content (AvgIpc) is 2.90. The second-order valence-corrected chi connectivity index (χ2v) is 9.57. The summed E-state index contributed by atoms with van der Waals surface area (Å²) in [6.45, 7) is 4.25. The third-order valence-electron chi connectivity index (χ3n) is 8.42. The zero-order chi connectivity index (χ0) is 19.6. The lowest BCUT2D eigenvalue weighted by atomic mass is 9.45. The first-order chi connectivity index (χ1) is 12.7. The van der Waals surface area contributed by atoms with E-state index >= 15 is 0 Å². The highest BCUT2D eigenvalue weighted by Crippen LogP contribution is 2.65. The maximum atomic E-state index is 12.6. The number of aliphatic hydroxyl groups is 1. The minimum absolute atomic E-state index is 0.0652. The number of allylic oxidation sites excluding steroid dienone is 2. The maximum absolute atomic E-state index is 12.6. The van der Waals surface area contributed by atoms with Crippen molar-refractivity contribution in [3.63, 3.8) is 0 Å². The minimum Gasteiger partial charge on any atom is -0.481 e. The number of carboxylic acids is 1. The van der Waals surface area contributed by atoms with Crippen LogP contribution < -0.4 is 0 Å². The summed E-state index contributed by atoms with van der Waals surface area (Å²) in [4.78, 5) is 24.2. The van der Waals surface area contributed by atoms with E-state index in [0.717, 1.165) is 24.8 Å². The lowest BCUT2D eigenvalue weighted by molar-refractivity contribution is -0.141. The quantitative estimate of drug-likeness (QED) is 0.391. The van der Waals surface area contributed by atoms with E-state index in [4.69, 9.17) is 0 Å². The van der Waals surface area contributed by atoms with E-state index in [2.05, 4.69) is 25.1 Å². The molecular weight excluding hydrogens is 346 g/mol. The number of nitrogens with zero attached hydrogens (tertiary/aromatic N) is 1. The van der Waals surface area contributed by atoms with Gasteiger partial charge in [0.1, 0.15) is 5.78 Å². The van der Waals surface area contributed by atoms with Gasteiger partial charge in [-0.15, -0.1) is 0 Å². The number of aliphatic hydroxyl groups excluding tert-OH is 1. The lowest BCUT2D eigenvalue weighted by Gasteiger charge is -2.58. The van der Waals surface area contributed by atoms with Crippen LogP contribution in [-0.2, 0) is 9.59 Å². The smallest absolute Gasteiger partial charge is 0.303 e. The molecule has 4 aliphatic rings. The Morgan fingerprint density at radius 1 is 1.26 bits per heavy atom. The molecule has 4 aliphatic carbocycles. The van der Waals surface area contributed by atoms with Crippen LogP contribution in [0.1, 0.15) is 58.8 Å². The summed E-state index contributed by atoms with van der Waals surface area (Å²) in [5, 5.41) is 32.5. The number of hydrogen-bond acceptors (Lipinski definition) is 5. The summed E-state index contributed by atoms with van der Waals surface area (Å²) in [6.07, 6.45) is 5.44. The molecule has 6 nitrogen and oxygen atoms in total. The van der Waals surface area contributed by atoms with Crippen LogP contribution in [0.3, 0.4) is 0 Å². The fourth-order valence-electron chi connectivity index (χ4n) is 6.98. The molecule has 3 fully saturated rings. The van der Waals surface area contributed by atoms with Crippen molar-refractivity contribution in [2.75, 3.05) is 0 Å². The summed E-state index contributed by atoms with van der Waals surface area (Å²) in [7, 11) is 0. The van der Waals surface area contributed by atoms with E-state index in [1.807, 2.05) is 0 Å². The van der Waals surface area contributed by atoms with Gasteiger partial charge in [-0.3, -0.25) is 9.59 Å². The van der Waals surface area contributed by atoms with Crippen LogP contribution in [0.15, 0.2) is 16.8 Å². The molecule has 0 aromatic heterocycles. The Labute approximate surface area is 159 Å². The standard InChI is InChI=1S/C21H29NO5/c1-20-6-5-14-19(13(20)3-4-17(20)24)11(8-18(25)26)7-12-9-15(22-27)16(23)10-21(12,14)2/h7,11,13-14,16,19,23,27H,3-6,8-10H2,1-2H3,(H,25,26)/t11?,13-,14-,16?,19-,20-,21-/m0/s1. The van der Waals surface area contributed by atoms with Crippen LogP contribution in [0, 0.1) is 34.5 Å². The van der Waals surface area contributed by atoms with E-state index in [0.29, 0.717) is 30.8 Å².